The lowest BCUT2D eigenvalue weighted by Gasteiger charge is -2.15. The summed E-state index contributed by atoms with van der Waals surface area (Å²) in [5, 5.41) is 12.1. The highest BCUT2D eigenvalue weighted by molar-refractivity contribution is 7.98. The number of hydrogen-bond acceptors (Lipinski definition) is 3. The minimum Gasteiger partial charge on any atom is -0.480 e. The fourth-order valence-corrected chi connectivity index (χ4v) is 2.31. The van der Waals surface area contributed by atoms with Gasteiger partial charge in [-0.15, -0.1) is 0 Å². The molecule has 2 N–H and O–H groups in total. The molecule has 1 rings (SSSR count). The molecule has 0 radical (unpaired) electrons. The second-order valence-electron chi connectivity index (χ2n) is 4.11. The van der Waals surface area contributed by atoms with Gasteiger partial charge in [0.15, 0.2) is 0 Å². The SMILES string of the molecule is CSCC[C@H](NC(=O)c1ccc(Cl)cc1C)C(=O)O. The molecule has 0 bridgehead atoms. The van der Waals surface area contributed by atoms with E-state index < -0.39 is 12.0 Å². The van der Waals surface area contributed by atoms with Crippen molar-refractivity contribution in [3.05, 3.63) is 34.3 Å². The lowest BCUT2D eigenvalue weighted by atomic mass is 10.1. The van der Waals surface area contributed by atoms with E-state index in [1.54, 1.807) is 36.9 Å². The van der Waals surface area contributed by atoms with Crippen LogP contribution in [0.25, 0.3) is 0 Å². The van der Waals surface area contributed by atoms with Gasteiger partial charge in [-0.2, -0.15) is 11.8 Å². The summed E-state index contributed by atoms with van der Waals surface area (Å²) < 4.78 is 0. The van der Waals surface area contributed by atoms with Crippen molar-refractivity contribution < 1.29 is 14.7 Å². The maximum Gasteiger partial charge on any atom is 0.326 e. The Hall–Kier alpha value is -1.20. The monoisotopic (exact) mass is 301 g/mol. The van der Waals surface area contributed by atoms with Crippen molar-refractivity contribution in [1.29, 1.82) is 0 Å². The number of carboxylic acids is 1. The van der Waals surface area contributed by atoms with E-state index in [0.717, 1.165) is 5.56 Å². The van der Waals surface area contributed by atoms with Crippen LogP contribution in [0.1, 0.15) is 22.3 Å². The minimum absolute atomic E-state index is 0.386. The Morgan fingerprint density at radius 1 is 1.47 bits per heavy atom. The molecule has 0 aliphatic rings. The van der Waals surface area contributed by atoms with Gasteiger partial charge >= 0.3 is 5.97 Å². The largest absolute Gasteiger partial charge is 0.480 e. The van der Waals surface area contributed by atoms with Gasteiger partial charge in [-0.25, -0.2) is 4.79 Å². The molecular formula is C13H16ClNO3S. The molecule has 6 heteroatoms. The molecule has 1 amide bonds. The summed E-state index contributed by atoms with van der Waals surface area (Å²) in [6.07, 6.45) is 2.29. The first kappa shape index (κ1) is 15.9. The van der Waals surface area contributed by atoms with Gasteiger partial charge in [0.25, 0.3) is 5.91 Å². The molecule has 1 aromatic rings. The number of aryl methyl sites for hydroxylation is 1. The Balaban J connectivity index is 2.78. The second kappa shape index (κ2) is 7.40. The first-order chi connectivity index (χ1) is 8.95. The second-order valence-corrected chi connectivity index (χ2v) is 5.53. The molecule has 0 saturated carbocycles. The molecule has 0 spiro atoms. The van der Waals surface area contributed by atoms with E-state index in [2.05, 4.69) is 5.32 Å². The van der Waals surface area contributed by atoms with Crippen LogP contribution in [0.4, 0.5) is 0 Å². The first-order valence-electron chi connectivity index (χ1n) is 5.74. The molecule has 104 valence electrons. The zero-order valence-corrected chi connectivity index (χ0v) is 12.3. The number of amides is 1. The molecule has 1 aromatic carbocycles. The van der Waals surface area contributed by atoms with E-state index in [0.29, 0.717) is 22.8 Å². The third-order valence-electron chi connectivity index (χ3n) is 2.65. The molecule has 0 heterocycles. The standard InChI is InChI=1S/C13H16ClNO3S/c1-8-7-9(14)3-4-10(8)12(16)15-11(13(17)18)5-6-19-2/h3-4,7,11H,5-6H2,1-2H3,(H,15,16)(H,17,18)/t11-/m0/s1. The summed E-state index contributed by atoms with van der Waals surface area (Å²) in [5.74, 6) is -0.728. The van der Waals surface area contributed by atoms with Crippen LogP contribution < -0.4 is 5.32 Å². The number of thioether (sulfide) groups is 1. The molecular weight excluding hydrogens is 286 g/mol. The quantitative estimate of drug-likeness (QED) is 0.847. The minimum atomic E-state index is -1.02. The fraction of sp³-hybridized carbons (Fsp3) is 0.385. The van der Waals surface area contributed by atoms with Crippen LogP contribution in [0, 0.1) is 6.92 Å². The number of aliphatic carboxylic acids is 1. The molecule has 1 atom stereocenters. The topological polar surface area (TPSA) is 66.4 Å². The molecule has 19 heavy (non-hydrogen) atoms. The summed E-state index contributed by atoms with van der Waals surface area (Å²) >= 11 is 7.36. The van der Waals surface area contributed by atoms with Gasteiger partial charge < -0.3 is 10.4 Å². The van der Waals surface area contributed by atoms with Crippen molar-refractivity contribution in [2.24, 2.45) is 0 Å². The van der Waals surface area contributed by atoms with Crippen LogP contribution in [0.2, 0.25) is 5.02 Å². The fourth-order valence-electron chi connectivity index (χ4n) is 1.61. The van der Waals surface area contributed by atoms with Crippen molar-refractivity contribution in [2.45, 2.75) is 19.4 Å². The van der Waals surface area contributed by atoms with Gasteiger partial charge in [0.05, 0.1) is 0 Å². The van der Waals surface area contributed by atoms with Gasteiger partial charge in [0.1, 0.15) is 6.04 Å². The zero-order valence-electron chi connectivity index (χ0n) is 10.8. The Kier molecular flexibility index (Phi) is 6.18. The van der Waals surface area contributed by atoms with Gasteiger partial charge in [0.2, 0.25) is 0 Å². The number of benzene rings is 1. The van der Waals surface area contributed by atoms with Crippen LogP contribution in [0.3, 0.4) is 0 Å². The molecule has 0 fully saturated rings. The average Bonchev–Trinajstić information content (AvgIpc) is 2.33. The predicted octanol–water partition coefficient (Wildman–Crippen LogP) is 2.58. The van der Waals surface area contributed by atoms with E-state index in [9.17, 15) is 9.59 Å². The first-order valence-corrected chi connectivity index (χ1v) is 7.51. The maximum atomic E-state index is 12.0. The maximum absolute atomic E-state index is 12.0. The lowest BCUT2D eigenvalue weighted by molar-refractivity contribution is -0.139. The predicted molar refractivity (Wildman–Crippen MR) is 78.1 cm³/mol. The van der Waals surface area contributed by atoms with Gasteiger partial charge in [-0.05, 0) is 49.1 Å². The molecule has 4 nitrogen and oxygen atoms in total. The van der Waals surface area contributed by atoms with Crippen molar-refractivity contribution in [3.63, 3.8) is 0 Å². The third-order valence-corrected chi connectivity index (χ3v) is 3.53. The number of halogens is 1. The normalized spacial score (nSPS) is 11.9. The van der Waals surface area contributed by atoms with Crippen molar-refractivity contribution in [2.75, 3.05) is 12.0 Å². The molecule has 0 saturated heterocycles. The molecule has 0 aliphatic carbocycles. The Morgan fingerprint density at radius 3 is 2.68 bits per heavy atom. The zero-order chi connectivity index (χ0) is 14.4. The molecule has 0 aromatic heterocycles. The van der Waals surface area contributed by atoms with Crippen molar-refractivity contribution in [3.8, 4) is 0 Å². The summed E-state index contributed by atoms with van der Waals surface area (Å²) in [6.45, 7) is 1.76. The van der Waals surface area contributed by atoms with E-state index in [4.69, 9.17) is 16.7 Å². The average molecular weight is 302 g/mol. The smallest absolute Gasteiger partial charge is 0.326 e. The van der Waals surface area contributed by atoms with Crippen molar-refractivity contribution in [1.82, 2.24) is 5.32 Å². The number of carbonyl (C=O) groups is 2. The van der Waals surface area contributed by atoms with Crippen LogP contribution in [-0.2, 0) is 4.79 Å². The van der Waals surface area contributed by atoms with E-state index in [1.165, 1.54) is 0 Å². The summed E-state index contributed by atoms with van der Waals surface area (Å²) in [5.41, 5.74) is 1.17. The summed E-state index contributed by atoms with van der Waals surface area (Å²) in [6, 6.07) is 4.02. The van der Waals surface area contributed by atoms with Crippen LogP contribution in [0.5, 0.6) is 0 Å². The highest BCUT2D eigenvalue weighted by atomic mass is 35.5. The highest BCUT2D eigenvalue weighted by Crippen LogP contribution is 2.15. The van der Waals surface area contributed by atoms with E-state index in [-0.39, 0.29) is 5.91 Å². The summed E-state index contributed by atoms with van der Waals surface area (Å²) in [4.78, 5) is 23.1. The molecule has 0 aliphatic heterocycles. The Morgan fingerprint density at radius 2 is 2.16 bits per heavy atom. The van der Waals surface area contributed by atoms with Crippen molar-refractivity contribution >= 4 is 35.2 Å². The van der Waals surface area contributed by atoms with Crippen LogP contribution in [0.15, 0.2) is 18.2 Å². The van der Waals surface area contributed by atoms with E-state index in [1.807, 2.05) is 6.26 Å². The van der Waals surface area contributed by atoms with E-state index >= 15 is 0 Å². The highest BCUT2D eigenvalue weighted by Gasteiger charge is 2.20. The van der Waals surface area contributed by atoms with Crippen LogP contribution >= 0.6 is 23.4 Å². The summed E-state index contributed by atoms with van der Waals surface area (Å²) in [7, 11) is 0. The van der Waals surface area contributed by atoms with Crippen LogP contribution in [-0.4, -0.2) is 35.0 Å². The number of hydrogen-bond donors (Lipinski definition) is 2. The third kappa shape index (κ3) is 4.76. The Bertz CT molecular complexity index is 479. The number of rotatable bonds is 6. The number of carbonyl (C=O) groups excluding carboxylic acids is 1. The van der Waals surface area contributed by atoms with Gasteiger partial charge in [-0.3, -0.25) is 4.79 Å². The Labute approximate surface area is 121 Å². The number of carboxylic acid groups (broad SMARTS) is 1. The number of nitrogens with one attached hydrogen (secondary N) is 1. The van der Waals surface area contributed by atoms with Gasteiger partial charge in [0, 0.05) is 10.6 Å². The molecule has 0 unspecified atom stereocenters. The van der Waals surface area contributed by atoms with Gasteiger partial charge in [-0.1, -0.05) is 11.6 Å². The lowest BCUT2D eigenvalue weighted by Crippen LogP contribution is -2.41.